The predicted molar refractivity (Wildman–Crippen MR) is 117 cm³/mol. The van der Waals surface area contributed by atoms with Gasteiger partial charge in [-0.3, -0.25) is 4.79 Å². The minimum Gasteiger partial charge on any atom is -0.338 e. The molecule has 6 heteroatoms. The van der Waals surface area contributed by atoms with Crippen molar-refractivity contribution < 1.29 is 4.79 Å². The number of aromatic amines is 1. The number of carbonyl (C=O) groups is 1. The van der Waals surface area contributed by atoms with Gasteiger partial charge < -0.3 is 10.3 Å². The number of thioether (sulfide) groups is 1. The van der Waals surface area contributed by atoms with Gasteiger partial charge in [-0.25, -0.2) is 4.98 Å². The van der Waals surface area contributed by atoms with Crippen molar-refractivity contribution in [3.8, 4) is 11.4 Å². The number of carbonyl (C=O) groups excluding carboxylic acids is 1. The van der Waals surface area contributed by atoms with E-state index in [0.717, 1.165) is 33.0 Å². The highest BCUT2D eigenvalue weighted by Gasteiger charge is 2.17. The largest absolute Gasteiger partial charge is 0.338 e. The van der Waals surface area contributed by atoms with Gasteiger partial charge in [0.15, 0.2) is 0 Å². The molecule has 0 saturated carbocycles. The first-order valence-electron chi connectivity index (χ1n) is 8.87. The highest BCUT2D eigenvalue weighted by atomic mass is 35.5. The van der Waals surface area contributed by atoms with Gasteiger partial charge in [-0.1, -0.05) is 35.9 Å². The first-order chi connectivity index (χ1) is 13.6. The number of anilines is 1. The molecule has 1 aromatic heterocycles. The molecule has 0 bridgehead atoms. The second-order valence-corrected chi connectivity index (χ2v) is 8.20. The number of rotatable bonds is 5. The van der Waals surface area contributed by atoms with Crippen LogP contribution in [0.15, 0.2) is 77.7 Å². The van der Waals surface area contributed by atoms with Gasteiger partial charge in [0, 0.05) is 15.5 Å². The number of imidazole rings is 1. The number of fused-ring (bicyclic) bond motifs is 1. The molecule has 0 radical (unpaired) electrons. The van der Waals surface area contributed by atoms with Gasteiger partial charge in [-0.15, -0.1) is 11.8 Å². The van der Waals surface area contributed by atoms with Crippen LogP contribution < -0.4 is 5.32 Å². The lowest BCUT2D eigenvalue weighted by atomic mass is 10.1. The van der Waals surface area contributed by atoms with E-state index in [1.165, 1.54) is 11.8 Å². The number of halogens is 1. The average molecular weight is 408 g/mol. The van der Waals surface area contributed by atoms with Crippen LogP contribution in [0.1, 0.15) is 6.92 Å². The first-order valence-corrected chi connectivity index (χ1v) is 10.1. The number of hydrogen-bond donors (Lipinski definition) is 2. The van der Waals surface area contributed by atoms with Crippen molar-refractivity contribution in [2.75, 3.05) is 5.32 Å². The van der Waals surface area contributed by atoms with Gasteiger partial charge in [0.25, 0.3) is 0 Å². The second-order valence-electron chi connectivity index (χ2n) is 6.35. The molecule has 1 unspecified atom stereocenters. The van der Waals surface area contributed by atoms with E-state index in [0.29, 0.717) is 5.02 Å². The summed E-state index contributed by atoms with van der Waals surface area (Å²) in [7, 11) is 0. The Hall–Kier alpha value is -2.76. The summed E-state index contributed by atoms with van der Waals surface area (Å²) in [6, 6.07) is 23.0. The molecule has 0 aliphatic rings. The smallest absolute Gasteiger partial charge is 0.237 e. The highest BCUT2D eigenvalue weighted by molar-refractivity contribution is 8.00. The fraction of sp³-hybridized carbons (Fsp3) is 0.0909. The lowest BCUT2D eigenvalue weighted by molar-refractivity contribution is -0.115. The molecule has 3 aromatic carbocycles. The maximum absolute atomic E-state index is 12.8. The molecular weight excluding hydrogens is 390 g/mol. The molecule has 1 amide bonds. The Morgan fingerprint density at radius 2 is 1.75 bits per heavy atom. The SMILES string of the molecule is CC(Sc1ccc(Cl)cc1)C(=O)Nc1ccccc1-c1nc2ccccc2[nH]1. The third-order valence-corrected chi connectivity index (χ3v) is 5.69. The van der Waals surface area contributed by atoms with Crippen LogP contribution in [-0.2, 0) is 4.79 Å². The molecule has 0 aliphatic carbocycles. The van der Waals surface area contributed by atoms with Gasteiger partial charge in [-0.2, -0.15) is 0 Å². The number of amides is 1. The van der Waals surface area contributed by atoms with Gasteiger partial charge in [0.2, 0.25) is 5.91 Å². The molecule has 4 aromatic rings. The summed E-state index contributed by atoms with van der Waals surface area (Å²) in [5, 5.41) is 3.46. The van der Waals surface area contributed by atoms with Crippen LogP contribution >= 0.6 is 23.4 Å². The quantitative estimate of drug-likeness (QED) is 0.399. The molecule has 4 rings (SSSR count). The maximum Gasteiger partial charge on any atom is 0.237 e. The van der Waals surface area contributed by atoms with Crippen LogP contribution in [0.2, 0.25) is 5.02 Å². The molecule has 140 valence electrons. The van der Waals surface area contributed by atoms with Gasteiger partial charge >= 0.3 is 0 Å². The predicted octanol–water partition coefficient (Wildman–Crippen LogP) is 6.00. The standard InChI is InChI=1S/C22H18ClN3OS/c1-14(28-16-12-10-15(23)11-13-16)22(27)26-18-7-3-2-6-17(18)21-24-19-8-4-5-9-20(19)25-21/h2-14H,1H3,(H,24,25)(H,26,27). The van der Waals surface area contributed by atoms with Crippen LogP contribution in [0.25, 0.3) is 22.4 Å². The minimum atomic E-state index is -0.259. The number of para-hydroxylation sites is 3. The number of H-pyrrole nitrogens is 1. The van der Waals surface area contributed by atoms with E-state index in [-0.39, 0.29) is 11.2 Å². The van der Waals surface area contributed by atoms with Crippen molar-refractivity contribution >= 4 is 46.0 Å². The third-order valence-electron chi connectivity index (χ3n) is 4.33. The second kappa shape index (κ2) is 8.09. The number of hydrogen-bond acceptors (Lipinski definition) is 3. The molecule has 28 heavy (non-hydrogen) atoms. The van der Waals surface area contributed by atoms with Crippen LogP contribution in [0, 0.1) is 0 Å². The molecule has 0 saturated heterocycles. The van der Waals surface area contributed by atoms with E-state index in [4.69, 9.17) is 11.6 Å². The lowest BCUT2D eigenvalue weighted by Crippen LogP contribution is -2.22. The van der Waals surface area contributed by atoms with Crippen LogP contribution in [-0.4, -0.2) is 21.1 Å². The highest BCUT2D eigenvalue weighted by Crippen LogP contribution is 2.29. The summed E-state index contributed by atoms with van der Waals surface area (Å²) in [6.07, 6.45) is 0. The Bertz CT molecular complexity index is 1090. The van der Waals surface area contributed by atoms with Crippen molar-refractivity contribution in [3.63, 3.8) is 0 Å². The number of aromatic nitrogens is 2. The molecule has 0 fully saturated rings. The zero-order chi connectivity index (χ0) is 19.5. The topological polar surface area (TPSA) is 57.8 Å². The molecular formula is C22H18ClN3OS. The van der Waals surface area contributed by atoms with E-state index in [1.807, 2.05) is 79.7 Å². The summed E-state index contributed by atoms with van der Waals surface area (Å²) < 4.78 is 0. The molecule has 1 heterocycles. The number of nitrogens with one attached hydrogen (secondary N) is 2. The van der Waals surface area contributed by atoms with Crippen molar-refractivity contribution in [2.45, 2.75) is 17.1 Å². The minimum absolute atomic E-state index is 0.0662. The third kappa shape index (κ3) is 4.06. The molecule has 0 aliphatic heterocycles. The summed E-state index contributed by atoms with van der Waals surface area (Å²) in [6.45, 7) is 1.89. The molecule has 1 atom stereocenters. The summed E-state index contributed by atoms with van der Waals surface area (Å²) >= 11 is 7.42. The van der Waals surface area contributed by atoms with Gasteiger partial charge in [0.05, 0.1) is 22.0 Å². The van der Waals surface area contributed by atoms with E-state index in [1.54, 1.807) is 0 Å². The fourth-order valence-electron chi connectivity index (χ4n) is 2.88. The zero-order valence-corrected chi connectivity index (χ0v) is 16.7. The van der Waals surface area contributed by atoms with Crippen LogP contribution in [0.5, 0.6) is 0 Å². The molecule has 0 spiro atoms. The van der Waals surface area contributed by atoms with Crippen molar-refractivity contribution in [1.29, 1.82) is 0 Å². The first kappa shape index (κ1) is 18.6. The average Bonchev–Trinajstić information content (AvgIpc) is 3.14. The number of benzene rings is 3. The Morgan fingerprint density at radius 3 is 2.54 bits per heavy atom. The van der Waals surface area contributed by atoms with Crippen molar-refractivity contribution in [3.05, 3.63) is 77.8 Å². The van der Waals surface area contributed by atoms with Crippen molar-refractivity contribution in [2.24, 2.45) is 0 Å². The van der Waals surface area contributed by atoms with Gasteiger partial charge in [0.1, 0.15) is 5.82 Å². The Kier molecular flexibility index (Phi) is 5.37. The van der Waals surface area contributed by atoms with E-state index in [9.17, 15) is 4.79 Å². The van der Waals surface area contributed by atoms with E-state index >= 15 is 0 Å². The Labute approximate surface area is 172 Å². The van der Waals surface area contributed by atoms with E-state index in [2.05, 4.69) is 15.3 Å². The summed E-state index contributed by atoms with van der Waals surface area (Å²) in [5.74, 6) is 0.665. The Morgan fingerprint density at radius 1 is 1.04 bits per heavy atom. The van der Waals surface area contributed by atoms with Crippen molar-refractivity contribution in [1.82, 2.24) is 9.97 Å². The molecule has 4 nitrogen and oxygen atoms in total. The Balaban J connectivity index is 1.54. The van der Waals surface area contributed by atoms with Gasteiger partial charge in [-0.05, 0) is 55.5 Å². The fourth-order valence-corrected chi connectivity index (χ4v) is 3.88. The van der Waals surface area contributed by atoms with Crippen LogP contribution in [0.4, 0.5) is 5.69 Å². The monoisotopic (exact) mass is 407 g/mol. The normalized spacial score (nSPS) is 12.1. The van der Waals surface area contributed by atoms with E-state index < -0.39 is 0 Å². The maximum atomic E-state index is 12.8. The summed E-state index contributed by atoms with van der Waals surface area (Å²) in [5.41, 5.74) is 3.45. The lowest BCUT2D eigenvalue weighted by Gasteiger charge is -2.14. The molecule has 2 N–H and O–H groups in total. The number of nitrogens with zero attached hydrogens (tertiary/aromatic N) is 1. The zero-order valence-electron chi connectivity index (χ0n) is 15.1. The summed E-state index contributed by atoms with van der Waals surface area (Å²) in [4.78, 5) is 21.7. The van der Waals surface area contributed by atoms with Crippen LogP contribution in [0.3, 0.4) is 0 Å².